The number of rotatable bonds is 6. The molecule has 0 amide bonds. The fraction of sp³-hybridized carbons (Fsp3) is 0.559. The number of nitrogens with zero attached hydrogens (tertiary/aromatic N) is 3. The number of likely N-dealkylation sites (tertiary alicyclic amines) is 2. The highest BCUT2D eigenvalue weighted by atomic mass is 16.4. The van der Waals surface area contributed by atoms with Crippen LogP contribution >= 0.6 is 0 Å². The zero-order valence-corrected chi connectivity index (χ0v) is 23.3. The number of carboxylic acid groups (broad SMARTS) is 1. The van der Waals surface area contributed by atoms with E-state index in [2.05, 4.69) is 44.7 Å². The molecule has 4 aliphatic rings. The van der Waals surface area contributed by atoms with Crippen LogP contribution in [0.25, 0.3) is 22.2 Å². The largest absolute Gasteiger partial charge is 0.478 e. The Kier molecular flexibility index (Phi) is 6.98. The molecule has 2 aromatic carbocycles. The van der Waals surface area contributed by atoms with Gasteiger partial charge in [0.15, 0.2) is 0 Å². The van der Waals surface area contributed by atoms with E-state index < -0.39 is 5.97 Å². The summed E-state index contributed by atoms with van der Waals surface area (Å²) >= 11 is 0. The van der Waals surface area contributed by atoms with Crippen LogP contribution in [0, 0.1) is 5.92 Å². The molecule has 0 bridgehead atoms. The molecule has 5 heteroatoms. The van der Waals surface area contributed by atoms with Crippen LogP contribution < -0.4 is 0 Å². The molecule has 2 atom stereocenters. The summed E-state index contributed by atoms with van der Waals surface area (Å²) in [5, 5.41) is 11.1. The molecule has 3 aliphatic heterocycles. The lowest BCUT2D eigenvalue weighted by Crippen LogP contribution is -2.34. The van der Waals surface area contributed by atoms with E-state index in [0.717, 1.165) is 18.6 Å². The van der Waals surface area contributed by atoms with Gasteiger partial charge in [-0.1, -0.05) is 56.0 Å². The number of fused-ring (bicyclic) bond motifs is 7. The van der Waals surface area contributed by atoms with Gasteiger partial charge in [-0.05, 0) is 106 Å². The molecule has 1 aliphatic carbocycles. The summed E-state index contributed by atoms with van der Waals surface area (Å²) < 4.78 is 2.55. The highest BCUT2D eigenvalue weighted by Gasteiger charge is 2.41. The molecule has 3 fully saturated rings. The SMILES string of the molecule is O=C(O)c1ccc2c(C3CCCCC3)c3n(c2c1)CC1CCN(CCCN2CCCCC2)C1c1ccccc1-3. The third kappa shape index (κ3) is 4.62. The number of hydrogen-bond acceptors (Lipinski definition) is 3. The van der Waals surface area contributed by atoms with Crippen molar-refractivity contribution in [2.45, 2.75) is 82.7 Å². The van der Waals surface area contributed by atoms with Gasteiger partial charge in [-0.3, -0.25) is 4.90 Å². The molecular formula is C34H43N3O2. The highest BCUT2D eigenvalue weighted by molar-refractivity contribution is 5.98. The smallest absolute Gasteiger partial charge is 0.335 e. The van der Waals surface area contributed by atoms with E-state index >= 15 is 0 Å². The maximum absolute atomic E-state index is 12.0. The van der Waals surface area contributed by atoms with Crippen LogP contribution in [-0.4, -0.2) is 58.2 Å². The van der Waals surface area contributed by atoms with Crippen molar-refractivity contribution in [3.63, 3.8) is 0 Å². The van der Waals surface area contributed by atoms with E-state index in [9.17, 15) is 9.90 Å². The minimum absolute atomic E-state index is 0.401. The Labute approximate surface area is 232 Å². The van der Waals surface area contributed by atoms with E-state index in [4.69, 9.17) is 0 Å². The predicted molar refractivity (Wildman–Crippen MR) is 157 cm³/mol. The minimum Gasteiger partial charge on any atom is -0.478 e. The maximum Gasteiger partial charge on any atom is 0.335 e. The van der Waals surface area contributed by atoms with Crippen molar-refractivity contribution in [3.8, 4) is 11.3 Å². The first-order chi connectivity index (χ1) is 19.2. The molecule has 2 saturated heterocycles. The topological polar surface area (TPSA) is 48.7 Å². The lowest BCUT2D eigenvalue weighted by atomic mass is 9.81. The van der Waals surface area contributed by atoms with Crippen molar-refractivity contribution in [1.29, 1.82) is 0 Å². The lowest BCUT2D eigenvalue weighted by molar-refractivity contribution is 0.0697. The number of hydrogen-bond donors (Lipinski definition) is 1. The van der Waals surface area contributed by atoms with Gasteiger partial charge < -0.3 is 14.6 Å². The fourth-order valence-corrected chi connectivity index (χ4v) is 8.50. The normalized spacial score (nSPS) is 24.3. The highest BCUT2D eigenvalue weighted by Crippen LogP contribution is 2.51. The molecule has 3 aromatic rings. The van der Waals surface area contributed by atoms with Crippen LogP contribution in [-0.2, 0) is 6.54 Å². The molecule has 206 valence electrons. The summed E-state index contributed by atoms with van der Waals surface area (Å²) in [4.78, 5) is 17.5. The molecule has 1 saturated carbocycles. The van der Waals surface area contributed by atoms with Gasteiger partial charge in [0.2, 0.25) is 0 Å². The first-order valence-corrected chi connectivity index (χ1v) is 15.6. The average Bonchev–Trinajstić information content (AvgIpc) is 3.48. The van der Waals surface area contributed by atoms with Crippen LogP contribution in [0.3, 0.4) is 0 Å². The van der Waals surface area contributed by atoms with Crippen LogP contribution in [0.5, 0.6) is 0 Å². The first kappa shape index (κ1) is 25.3. The summed E-state index contributed by atoms with van der Waals surface area (Å²) in [7, 11) is 0. The molecule has 5 nitrogen and oxygen atoms in total. The third-order valence-electron chi connectivity index (χ3n) is 10.3. The Balaban J connectivity index is 1.30. The van der Waals surface area contributed by atoms with Crippen molar-refractivity contribution in [3.05, 3.63) is 59.2 Å². The van der Waals surface area contributed by atoms with Crippen molar-refractivity contribution in [1.82, 2.24) is 14.4 Å². The van der Waals surface area contributed by atoms with Gasteiger partial charge in [0.25, 0.3) is 0 Å². The van der Waals surface area contributed by atoms with Crippen LogP contribution in [0.4, 0.5) is 0 Å². The number of piperidine rings is 1. The van der Waals surface area contributed by atoms with Gasteiger partial charge >= 0.3 is 5.97 Å². The number of carboxylic acids is 1. The molecular weight excluding hydrogens is 482 g/mol. The predicted octanol–water partition coefficient (Wildman–Crippen LogP) is 7.31. The number of benzene rings is 2. The Morgan fingerprint density at radius 1 is 0.872 bits per heavy atom. The zero-order chi connectivity index (χ0) is 26.3. The van der Waals surface area contributed by atoms with E-state index in [1.165, 1.54) is 118 Å². The maximum atomic E-state index is 12.0. The second kappa shape index (κ2) is 10.7. The van der Waals surface area contributed by atoms with Gasteiger partial charge in [-0.25, -0.2) is 4.79 Å². The van der Waals surface area contributed by atoms with Crippen LogP contribution in [0.15, 0.2) is 42.5 Å². The molecule has 1 aromatic heterocycles. The van der Waals surface area contributed by atoms with E-state index in [1.54, 1.807) is 0 Å². The average molecular weight is 526 g/mol. The zero-order valence-electron chi connectivity index (χ0n) is 23.3. The van der Waals surface area contributed by atoms with Crippen molar-refractivity contribution < 1.29 is 9.90 Å². The molecule has 1 N–H and O–H groups in total. The second-order valence-electron chi connectivity index (χ2n) is 12.6. The fourth-order valence-electron chi connectivity index (χ4n) is 8.50. The Morgan fingerprint density at radius 2 is 1.67 bits per heavy atom. The first-order valence-electron chi connectivity index (χ1n) is 15.6. The van der Waals surface area contributed by atoms with Gasteiger partial charge in [-0.15, -0.1) is 0 Å². The molecule has 39 heavy (non-hydrogen) atoms. The van der Waals surface area contributed by atoms with E-state index in [0.29, 0.717) is 23.4 Å². The quantitative estimate of drug-likeness (QED) is 0.367. The molecule has 0 spiro atoms. The summed E-state index contributed by atoms with van der Waals surface area (Å²) in [6.45, 7) is 7.08. The molecule has 2 unspecified atom stereocenters. The van der Waals surface area contributed by atoms with Crippen molar-refractivity contribution >= 4 is 16.9 Å². The van der Waals surface area contributed by atoms with Gasteiger partial charge in [0, 0.05) is 29.1 Å². The summed E-state index contributed by atoms with van der Waals surface area (Å²) in [6.07, 6.45) is 13.0. The van der Waals surface area contributed by atoms with Crippen molar-refractivity contribution in [2.24, 2.45) is 5.92 Å². The van der Waals surface area contributed by atoms with Gasteiger partial charge in [-0.2, -0.15) is 0 Å². The third-order valence-corrected chi connectivity index (χ3v) is 10.3. The van der Waals surface area contributed by atoms with E-state index in [-0.39, 0.29) is 0 Å². The summed E-state index contributed by atoms with van der Waals surface area (Å²) in [6, 6.07) is 15.6. The number of aromatic nitrogens is 1. The minimum atomic E-state index is -0.834. The Hall–Kier alpha value is -2.63. The number of aromatic carboxylic acids is 1. The second-order valence-corrected chi connectivity index (χ2v) is 12.6. The molecule has 7 rings (SSSR count). The summed E-state index contributed by atoms with van der Waals surface area (Å²) in [5.74, 6) is 0.268. The van der Waals surface area contributed by atoms with Crippen molar-refractivity contribution in [2.75, 3.05) is 32.7 Å². The standard InChI is InChI=1S/C34H43N3O2/c38-34(39)25-14-15-29-30(22-25)37-23-26-16-21-36(20-9-19-35-17-7-2-8-18-35)32(26)27-12-5-6-13-28(27)33(37)31(29)24-10-3-1-4-11-24/h5-6,12-15,22,24,26,32H,1-4,7-11,16-21,23H2,(H,38,39). The molecule has 0 radical (unpaired) electrons. The van der Waals surface area contributed by atoms with Gasteiger partial charge in [0.05, 0.1) is 11.3 Å². The lowest BCUT2D eigenvalue weighted by Gasteiger charge is -2.31. The van der Waals surface area contributed by atoms with Gasteiger partial charge in [0.1, 0.15) is 0 Å². The van der Waals surface area contributed by atoms with Crippen LogP contribution in [0.2, 0.25) is 0 Å². The number of carbonyl (C=O) groups is 1. The Morgan fingerprint density at radius 3 is 2.49 bits per heavy atom. The van der Waals surface area contributed by atoms with E-state index in [1.807, 2.05) is 12.1 Å². The monoisotopic (exact) mass is 525 g/mol. The summed E-state index contributed by atoms with van der Waals surface area (Å²) in [5.41, 5.74) is 7.29. The van der Waals surface area contributed by atoms with Crippen LogP contribution in [0.1, 0.15) is 97.7 Å². The Bertz CT molecular complexity index is 1350. The molecule has 4 heterocycles.